The predicted octanol–water partition coefficient (Wildman–Crippen LogP) is 2.58. The number of likely N-dealkylation sites (tertiary alicyclic amines) is 2. The van der Waals surface area contributed by atoms with Crippen LogP contribution in [0.4, 0.5) is 0 Å². The number of nitrogens with one attached hydrogen (secondary N) is 2. The summed E-state index contributed by atoms with van der Waals surface area (Å²) in [7, 11) is 1.85. The lowest BCUT2D eigenvalue weighted by molar-refractivity contribution is -0.129. The van der Waals surface area contributed by atoms with Crippen molar-refractivity contribution in [2.75, 3.05) is 33.2 Å². The topological polar surface area (TPSA) is 60.0 Å². The van der Waals surface area contributed by atoms with Gasteiger partial charge < -0.3 is 15.5 Å². The molecule has 3 fully saturated rings. The number of amides is 1. The third-order valence-electron chi connectivity index (χ3n) is 6.42. The van der Waals surface area contributed by atoms with Crippen molar-refractivity contribution in [2.45, 2.75) is 82.8 Å². The van der Waals surface area contributed by atoms with Gasteiger partial charge in [0.2, 0.25) is 5.91 Å². The van der Waals surface area contributed by atoms with Gasteiger partial charge >= 0.3 is 0 Å². The van der Waals surface area contributed by atoms with Crippen LogP contribution < -0.4 is 10.6 Å². The highest BCUT2D eigenvalue weighted by atomic mass is 127. The number of hydrogen-bond donors (Lipinski definition) is 2. The maximum Gasteiger partial charge on any atom is 0.222 e. The third-order valence-corrected chi connectivity index (χ3v) is 6.42. The van der Waals surface area contributed by atoms with Crippen molar-refractivity contribution in [2.24, 2.45) is 4.99 Å². The van der Waals surface area contributed by atoms with Gasteiger partial charge in [-0.05, 0) is 38.5 Å². The summed E-state index contributed by atoms with van der Waals surface area (Å²) in [5, 5.41) is 7.07. The molecule has 0 spiro atoms. The number of rotatable bonds is 7. The molecule has 1 saturated carbocycles. The van der Waals surface area contributed by atoms with Crippen LogP contribution in [-0.2, 0) is 4.79 Å². The summed E-state index contributed by atoms with van der Waals surface area (Å²) in [4.78, 5) is 21.1. The van der Waals surface area contributed by atoms with Crippen LogP contribution in [0.5, 0.6) is 0 Å². The van der Waals surface area contributed by atoms with E-state index in [0.717, 1.165) is 57.3 Å². The Morgan fingerprint density at radius 3 is 2.63 bits per heavy atom. The molecule has 156 valence electrons. The second-order valence-corrected chi connectivity index (χ2v) is 8.10. The van der Waals surface area contributed by atoms with Gasteiger partial charge in [-0.15, -0.1) is 24.0 Å². The zero-order chi connectivity index (χ0) is 18.4. The maximum absolute atomic E-state index is 12.0. The van der Waals surface area contributed by atoms with Gasteiger partial charge in [0.1, 0.15) is 0 Å². The van der Waals surface area contributed by atoms with E-state index in [1.807, 2.05) is 7.05 Å². The lowest BCUT2D eigenvalue weighted by Crippen LogP contribution is -2.46. The summed E-state index contributed by atoms with van der Waals surface area (Å²) in [5.74, 6) is 1.24. The molecule has 7 heteroatoms. The first-order valence-corrected chi connectivity index (χ1v) is 10.7. The molecule has 3 rings (SSSR count). The summed E-state index contributed by atoms with van der Waals surface area (Å²) in [6, 6.07) is 1.68. The van der Waals surface area contributed by atoms with Crippen molar-refractivity contribution in [1.29, 1.82) is 0 Å². The fraction of sp³-hybridized carbons (Fsp3) is 0.900. The molecule has 1 aliphatic carbocycles. The number of carbonyl (C=O) groups excluding carboxylic acids is 1. The molecule has 6 nitrogen and oxygen atoms in total. The van der Waals surface area contributed by atoms with Gasteiger partial charge in [-0.25, -0.2) is 0 Å². The van der Waals surface area contributed by atoms with Crippen LogP contribution in [0.2, 0.25) is 0 Å². The Morgan fingerprint density at radius 2 is 2.00 bits per heavy atom. The second-order valence-electron chi connectivity index (χ2n) is 8.10. The van der Waals surface area contributed by atoms with E-state index in [0.29, 0.717) is 18.0 Å². The molecule has 27 heavy (non-hydrogen) atoms. The summed E-state index contributed by atoms with van der Waals surface area (Å²) in [6.45, 7) is 6.34. The molecule has 0 aromatic rings. The number of guanidine groups is 1. The summed E-state index contributed by atoms with van der Waals surface area (Å²) in [5.41, 5.74) is 0. The summed E-state index contributed by atoms with van der Waals surface area (Å²) < 4.78 is 0. The number of nitrogens with zero attached hydrogens (tertiary/aromatic N) is 3. The fourth-order valence-corrected chi connectivity index (χ4v) is 4.89. The molecule has 2 N–H and O–H groups in total. The van der Waals surface area contributed by atoms with Crippen LogP contribution in [0.25, 0.3) is 0 Å². The summed E-state index contributed by atoms with van der Waals surface area (Å²) >= 11 is 0. The Morgan fingerprint density at radius 1 is 1.22 bits per heavy atom. The van der Waals surface area contributed by atoms with Crippen molar-refractivity contribution in [1.82, 2.24) is 20.4 Å². The Hall–Kier alpha value is -0.570. The van der Waals surface area contributed by atoms with Crippen molar-refractivity contribution in [3.8, 4) is 0 Å². The lowest BCUT2D eigenvalue weighted by atomic mass is 10.1. The quantitative estimate of drug-likeness (QED) is 0.327. The highest BCUT2D eigenvalue weighted by Gasteiger charge is 2.30. The van der Waals surface area contributed by atoms with Crippen molar-refractivity contribution in [3.63, 3.8) is 0 Å². The van der Waals surface area contributed by atoms with E-state index < -0.39 is 0 Å². The monoisotopic (exact) mass is 491 g/mol. The van der Waals surface area contributed by atoms with Gasteiger partial charge in [0.25, 0.3) is 0 Å². The minimum absolute atomic E-state index is 0. The first-order valence-electron chi connectivity index (χ1n) is 10.7. The molecule has 1 amide bonds. The SMILES string of the molecule is CCC(CCNC(=NC)NC1CCN(C2CCCC2)C1)N1CCCC1=O.I. The van der Waals surface area contributed by atoms with E-state index >= 15 is 0 Å². The number of carbonyl (C=O) groups is 1. The predicted molar refractivity (Wildman–Crippen MR) is 122 cm³/mol. The van der Waals surface area contributed by atoms with Crippen LogP contribution in [0.1, 0.15) is 64.7 Å². The molecule has 0 aromatic carbocycles. The molecule has 2 atom stereocenters. The van der Waals surface area contributed by atoms with Gasteiger partial charge in [0, 0.05) is 57.8 Å². The molecule has 2 heterocycles. The summed E-state index contributed by atoms with van der Waals surface area (Å²) in [6.07, 6.45) is 10.5. The van der Waals surface area contributed by atoms with Gasteiger partial charge in [-0.2, -0.15) is 0 Å². The molecule has 3 aliphatic rings. The molecular formula is C20H38IN5O. The Bertz CT molecular complexity index is 495. The van der Waals surface area contributed by atoms with E-state index in [4.69, 9.17) is 0 Å². The van der Waals surface area contributed by atoms with Gasteiger partial charge in [0.15, 0.2) is 5.96 Å². The maximum atomic E-state index is 12.0. The average molecular weight is 491 g/mol. The molecule has 0 radical (unpaired) electrons. The third kappa shape index (κ3) is 6.21. The molecule has 2 saturated heterocycles. The highest BCUT2D eigenvalue weighted by molar-refractivity contribution is 14.0. The second kappa shape index (κ2) is 11.4. The molecule has 2 aliphatic heterocycles. The lowest BCUT2D eigenvalue weighted by Gasteiger charge is -2.27. The van der Waals surface area contributed by atoms with E-state index in [1.165, 1.54) is 38.6 Å². The van der Waals surface area contributed by atoms with Crippen molar-refractivity contribution in [3.05, 3.63) is 0 Å². The van der Waals surface area contributed by atoms with E-state index in [9.17, 15) is 4.79 Å². The van der Waals surface area contributed by atoms with Crippen LogP contribution in [-0.4, -0.2) is 73.0 Å². The minimum Gasteiger partial charge on any atom is -0.356 e. The number of aliphatic imine (C=N–C) groups is 1. The van der Waals surface area contributed by atoms with Crippen LogP contribution in [0, 0.1) is 0 Å². The normalized spacial score (nSPS) is 25.7. The Labute approximate surface area is 181 Å². The fourth-order valence-electron chi connectivity index (χ4n) is 4.89. The zero-order valence-electron chi connectivity index (χ0n) is 17.1. The average Bonchev–Trinajstić information content (AvgIpc) is 3.39. The van der Waals surface area contributed by atoms with E-state index in [1.54, 1.807) is 0 Å². The Balaban J connectivity index is 0.00000261. The zero-order valence-corrected chi connectivity index (χ0v) is 19.4. The minimum atomic E-state index is 0. The highest BCUT2D eigenvalue weighted by Crippen LogP contribution is 2.26. The van der Waals surface area contributed by atoms with E-state index in [2.05, 4.69) is 32.3 Å². The van der Waals surface area contributed by atoms with Crippen LogP contribution >= 0.6 is 24.0 Å². The smallest absolute Gasteiger partial charge is 0.222 e. The number of hydrogen-bond acceptors (Lipinski definition) is 3. The Kier molecular flexibility index (Phi) is 9.62. The largest absolute Gasteiger partial charge is 0.356 e. The van der Waals surface area contributed by atoms with Gasteiger partial charge in [0.05, 0.1) is 0 Å². The van der Waals surface area contributed by atoms with Crippen molar-refractivity contribution >= 4 is 35.8 Å². The standard InChI is InChI=1S/C20H37N5O.HI/c1-3-17(25-13-6-9-19(25)26)10-12-22-20(21-2)23-16-11-14-24(15-16)18-7-4-5-8-18;/h16-18H,3-15H2,1-2H3,(H2,21,22,23);1H. The first-order chi connectivity index (χ1) is 12.7. The molecule has 0 bridgehead atoms. The molecule has 2 unspecified atom stereocenters. The van der Waals surface area contributed by atoms with Gasteiger partial charge in [-0.3, -0.25) is 14.7 Å². The van der Waals surface area contributed by atoms with Crippen LogP contribution in [0.3, 0.4) is 0 Å². The van der Waals surface area contributed by atoms with E-state index in [-0.39, 0.29) is 24.0 Å². The van der Waals surface area contributed by atoms with Crippen LogP contribution in [0.15, 0.2) is 4.99 Å². The molecular weight excluding hydrogens is 453 g/mol. The first kappa shape index (κ1) is 22.7. The van der Waals surface area contributed by atoms with Crippen molar-refractivity contribution < 1.29 is 4.79 Å². The molecule has 0 aromatic heterocycles. The number of halogens is 1. The van der Waals surface area contributed by atoms with Gasteiger partial charge in [-0.1, -0.05) is 19.8 Å².